The van der Waals surface area contributed by atoms with Crippen molar-refractivity contribution in [2.24, 2.45) is 0 Å². The summed E-state index contributed by atoms with van der Waals surface area (Å²) in [7, 11) is 0. The fraction of sp³-hybridized carbons (Fsp3) is 0.400. The molecule has 0 saturated carbocycles. The minimum atomic E-state index is 0.589. The molecule has 1 rings (SSSR count). The van der Waals surface area contributed by atoms with Crippen LogP contribution in [0.2, 0.25) is 15.1 Å². The van der Waals surface area contributed by atoms with Gasteiger partial charge in [-0.3, -0.25) is 0 Å². The number of aryl methyl sites for hydroxylation is 1. The minimum absolute atomic E-state index is 0.589. The van der Waals surface area contributed by atoms with Gasteiger partial charge >= 0.3 is 0 Å². The van der Waals surface area contributed by atoms with Gasteiger partial charge < -0.3 is 0 Å². The Hall–Kier alpha value is 0.0900. The Morgan fingerprint density at radius 1 is 1.00 bits per heavy atom. The number of hydrogen-bond acceptors (Lipinski definition) is 0. The Labute approximate surface area is 93.8 Å². The van der Waals surface area contributed by atoms with E-state index in [4.69, 9.17) is 34.8 Å². The molecule has 0 saturated heterocycles. The van der Waals surface area contributed by atoms with Gasteiger partial charge in [-0.2, -0.15) is 0 Å². The molecule has 0 radical (unpaired) electrons. The van der Waals surface area contributed by atoms with Crippen LogP contribution >= 0.6 is 34.8 Å². The molecule has 1 aromatic rings. The van der Waals surface area contributed by atoms with Gasteiger partial charge in [-0.1, -0.05) is 48.7 Å². The lowest BCUT2D eigenvalue weighted by Gasteiger charge is -2.10. The summed E-state index contributed by atoms with van der Waals surface area (Å²) in [4.78, 5) is 0. The molecule has 0 heterocycles. The normalized spacial score (nSPS) is 10.5. The zero-order valence-electron chi connectivity index (χ0n) is 7.63. The highest BCUT2D eigenvalue weighted by atomic mass is 35.5. The van der Waals surface area contributed by atoms with Crippen molar-refractivity contribution in [1.82, 2.24) is 0 Å². The van der Waals surface area contributed by atoms with Gasteiger partial charge in [-0.05, 0) is 30.0 Å². The minimum Gasteiger partial charge on any atom is -0.0837 e. The Balaban J connectivity index is 3.39. The number of benzene rings is 1. The molecule has 0 N–H and O–H groups in total. The van der Waals surface area contributed by atoms with Crippen molar-refractivity contribution in [2.45, 2.75) is 26.7 Å². The highest BCUT2D eigenvalue weighted by Crippen LogP contribution is 2.34. The van der Waals surface area contributed by atoms with Gasteiger partial charge in [0.15, 0.2) is 0 Å². The van der Waals surface area contributed by atoms with E-state index in [1.54, 1.807) is 0 Å². The van der Waals surface area contributed by atoms with Crippen LogP contribution in [-0.2, 0) is 12.8 Å². The molecule has 0 aromatic heterocycles. The van der Waals surface area contributed by atoms with Gasteiger partial charge in [0.25, 0.3) is 0 Å². The lowest BCUT2D eigenvalue weighted by molar-refractivity contribution is 1.09. The van der Waals surface area contributed by atoms with Crippen molar-refractivity contribution < 1.29 is 0 Å². The molecule has 0 spiro atoms. The second-order valence-electron chi connectivity index (χ2n) is 2.83. The van der Waals surface area contributed by atoms with Crippen LogP contribution in [0.15, 0.2) is 6.07 Å². The smallest absolute Gasteiger partial charge is 0.0639 e. The summed E-state index contributed by atoms with van der Waals surface area (Å²) in [5.41, 5.74) is 2.01. The Morgan fingerprint density at radius 3 is 2.08 bits per heavy atom. The third-order valence-corrected chi connectivity index (χ3v) is 3.35. The molecule has 0 nitrogen and oxygen atoms in total. The van der Waals surface area contributed by atoms with Crippen LogP contribution < -0.4 is 0 Å². The van der Waals surface area contributed by atoms with Gasteiger partial charge in [0.2, 0.25) is 0 Å². The predicted octanol–water partition coefficient (Wildman–Crippen LogP) is 4.77. The Bertz CT molecular complexity index is 318. The number of rotatable bonds is 2. The summed E-state index contributed by atoms with van der Waals surface area (Å²) in [5, 5.41) is 1.95. The van der Waals surface area contributed by atoms with Gasteiger partial charge in [-0.15, -0.1) is 0 Å². The molecule has 13 heavy (non-hydrogen) atoms. The lowest BCUT2D eigenvalue weighted by atomic mass is 10.1. The van der Waals surface area contributed by atoms with E-state index in [9.17, 15) is 0 Å². The molecule has 0 atom stereocenters. The summed E-state index contributed by atoms with van der Waals surface area (Å²) in [5.74, 6) is 0. The first-order valence-corrected chi connectivity index (χ1v) is 5.40. The summed E-state index contributed by atoms with van der Waals surface area (Å²) < 4.78 is 0. The standard InChI is InChI=1S/C10H11Cl3/c1-3-6-5-8(11)10(13)7(4-2)9(6)12/h5H,3-4H2,1-2H3. The number of hydrogen-bond donors (Lipinski definition) is 0. The van der Waals surface area contributed by atoms with E-state index >= 15 is 0 Å². The van der Waals surface area contributed by atoms with Crippen LogP contribution in [0.5, 0.6) is 0 Å². The zero-order valence-corrected chi connectivity index (χ0v) is 9.89. The monoisotopic (exact) mass is 236 g/mol. The first kappa shape index (κ1) is 11.2. The maximum Gasteiger partial charge on any atom is 0.0639 e. The van der Waals surface area contributed by atoms with E-state index in [1.165, 1.54) is 0 Å². The van der Waals surface area contributed by atoms with Crippen molar-refractivity contribution in [3.8, 4) is 0 Å². The van der Waals surface area contributed by atoms with E-state index in [0.717, 1.165) is 29.0 Å². The Kier molecular flexibility index (Phi) is 3.90. The molecule has 0 unspecified atom stereocenters. The quantitative estimate of drug-likeness (QED) is 0.650. The van der Waals surface area contributed by atoms with Crippen LogP contribution in [-0.4, -0.2) is 0 Å². The fourth-order valence-electron chi connectivity index (χ4n) is 1.28. The Morgan fingerprint density at radius 2 is 1.62 bits per heavy atom. The molecular weight excluding hydrogens is 226 g/mol. The molecule has 0 amide bonds. The molecular formula is C10H11Cl3. The van der Waals surface area contributed by atoms with Gasteiger partial charge in [0, 0.05) is 5.02 Å². The van der Waals surface area contributed by atoms with Gasteiger partial charge in [0.1, 0.15) is 0 Å². The van der Waals surface area contributed by atoms with E-state index in [-0.39, 0.29) is 0 Å². The van der Waals surface area contributed by atoms with Crippen molar-refractivity contribution in [1.29, 1.82) is 0 Å². The first-order chi connectivity index (χ1) is 6.11. The molecule has 1 aromatic carbocycles. The van der Waals surface area contributed by atoms with Crippen molar-refractivity contribution in [2.75, 3.05) is 0 Å². The molecule has 0 aliphatic rings. The summed E-state index contributed by atoms with van der Waals surface area (Å²) >= 11 is 18.1. The maximum atomic E-state index is 6.14. The maximum absolute atomic E-state index is 6.14. The van der Waals surface area contributed by atoms with Gasteiger partial charge in [0.05, 0.1) is 10.0 Å². The van der Waals surface area contributed by atoms with E-state index in [1.807, 2.05) is 19.9 Å². The molecule has 3 heteroatoms. The number of halogens is 3. The van der Waals surface area contributed by atoms with Crippen LogP contribution in [0.3, 0.4) is 0 Å². The lowest BCUT2D eigenvalue weighted by Crippen LogP contribution is -1.91. The van der Waals surface area contributed by atoms with Crippen LogP contribution in [0.25, 0.3) is 0 Å². The second kappa shape index (κ2) is 4.54. The SMILES string of the molecule is CCc1cc(Cl)c(Cl)c(CC)c1Cl. The summed E-state index contributed by atoms with van der Waals surface area (Å²) in [6, 6.07) is 1.84. The molecule has 0 bridgehead atoms. The van der Waals surface area contributed by atoms with E-state index < -0.39 is 0 Å². The van der Waals surface area contributed by atoms with Crippen molar-refractivity contribution in [3.05, 3.63) is 32.3 Å². The average Bonchev–Trinajstić information content (AvgIpc) is 2.12. The van der Waals surface area contributed by atoms with E-state index in [0.29, 0.717) is 10.0 Å². The average molecular weight is 238 g/mol. The van der Waals surface area contributed by atoms with Crippen LogP contribution in [0.4, 0.5) is 0 Å². The topological polar surface area (TPSA) is 0 Å². The zero-order chi connectivity index (χ0) is 10.0. The highest BCUT2D eigenvalue weighted by molar-refractivity contribution is 6.44. The fourth-order valence-corrected chi connectivity index (χ4v) is 2.27. The van der Waals surface area contributed by atoms with Crippen LogP contribution in [0.1, 0.15) is 25.0 Å². The molecule has 0 fully saturated rings. The van der Waals surface area contributed by atoms with E-state index in [2.05, 4.69) is 0 Å². The molecule has 72 valence electrons. The van der Waals surface area contributed by atoms with Crippen LogP contribution in [0, 0.1) is 0 Å². The van der Waals surface area contributed by atoms with Crippen molar-refractivity contribution >= 4 is 34.8 Å². The first-order valence-electron chi connectivity index (χ1n) is 4.27. The highest BCUT2D eigenvalue weighted by Gasteiger charge is 2.11. The van der Waals surface area contributed by atoms with Gasteiger partial charge in [-0.25, -0.2) is 0 Å². The molecule has 0 aliphatic heterocycles. The third kappa shape index (κ3) is 2.12. The third-order valence-electron chi connectivity index (χ3n) is 2.06. The molecule has 0 aliphatic carbocycles. The van der Waals surface area contributed by atoms with Crippen molar-refractivity contribution in [3.63, 3.8) is 0 Å². The summed E-state index contributed by atoms with van der Waals surface area (Å²) in [6.07, 6.45) is 1.69. The largest absolute Gasteiger partial charge is 0.0837 e. The summed E-state index contributed by atoms with van der Waals surface area (Å²) in [6.45, 7) is 4.06. The second-order valence-corrected chi connectivity index (χ2v) is 3.99. The predicted molar refractivity (Wildman–Crippen MR) is 60.2 cm³/mol.